The monoisotopic (exact) mass is 491 g/mol. The van der Waals surface area contributed by atoms with Crippen LogP contribution in [0.3, 0.4) is 0 Å². The van der Waals surface area contributed by atoms with Crippen molar-refractivity contribution in [1.82, 2.24) is 4.90 Å². The highest BCUT2D eigenvalue weighted by molar-refractivity contribution is 9.10. The van der Waals surface area contributed by atoms with Crippen LogP contribution in [0, 0.1) is 0 Å². The van der Waals surface area contributed by atoms with Gasteiger partial charge in [-0.2, -0.15) is 13.2 Å². The number of nitrogens with zero attached hydrogens (tertiary/aromatic N) is 1. The molecule has 0 saturated carbocycles. The van der Waals surface area contributed by atoms with Crippen molar-refractivity contribution < 1.29 is 42.1 Å². The molecule has 30 heavy (non-hydrogen) atoms. The van der Waals surface area contributed by atoms with Gasteiger partial charge in [0.05, 0.1) is 19.3 Å². The Bertz CT molecular complexity index is 992. The van der Waals surface area contributed by atoms with Crippen LogP contribution in [0.25, 0.3) is 10.8 Å². The van der Waals surface area contributed by atoms with Gasteiger partial charge in [0.2, 0.25) is 0 Å². The zero-order valence-electron chi connectivity index (χ0n) is 15.9. The zero-order valence-corrected chi connectivity index (χ0v) is 17.5. The molecule has 0 aromatic heterocycles. The van der Waals surface area contributed by atoms with Gasteiger partial charge in [0, 0.05) is 4.47 Å². The molecule has 0 unspecified atom stereocenters. The fourth-order valence-corrected chi connectivity index (χ4v) is 3.31. The molecular weight excluding hydrogens is 475 g/mol. The highest BCUT2D eigenvalue weighted by atomic mass is 79.9. The Balaban J connectivity index is 2.72. The number of rotatable bonds is 6. The lowest BCUT2D eigenvalue weighted by atomic mass is 9.98. The van der Waals surface area contributed by atoms with Crippen LogP contribution >= 0.6 is 15.9 Å². The van der Waals surface area contributed by atoms with Gasteiger partial charge in [0.1, 0.15) is 17.9 Å². The third-order valence-electron chi connectivity index (χ3n) is 4.02. The number of carbonyl (C=O) groups excluding carboxylic acids is 2. The predicted octanol–water partition coefficient (Wildman–Crippen LogP) is 4.70. The third-order valence-corrected chi connectivity index (χ3v) is 4.68. The Hall–Kier alpha value is -2.82. The highest BCUT2D eigenvalue weighted by Crippen LogP contribution is 2.43. The zero-order chi connectivity index (χ0) is 22.6. The van der Waals surface area contributed by atoms with Crippen molar-refractivity contribution in [3.8, 4) is 5.75 Å². The molecule has 1 N–H and O–H groups in total. The number of alkyl halides is 3. The predicted molar refractivity (Wildman–Crippen MR) is 104 cm³/mol. The molecule has 0 atom stereocenters. The molecule has 0 fully saturated rings. The van der Waals surface area contributed by atoms with Crippen LogP contribution in [-0.4, -0.2) is 48.2 Å². The van der Waals surface area contributed by atoms with Crippen LogP contribution in [0.1, 0.15) is 29.3 Å². The molecule has 2 rings (SSSR count). The minimum Gasteiger partial charge on any atom is -0.496 e. The van der Waals surface area contributed by atoms with Gasteiger partial charge in [0.15, 0.2) is 0 Å². The molecule has 0 saturated heterocycles. The van der Waals surface area contributed by atoms with Crippen LogP contribution in [0.2, 0.25) is 0 Å². The average Bonchev–Trinajstić information content (AvgIpc) is 2.67. The number of aliphatic carboxylic acids is 1. The van der Waals surface area contributed by atoms with Crippen molar-refractivity contribution in [1.29, 1.82) is 0 Å². The second kappa shape index (κ2) is 9.33. The summed E-state index contributed by atoms with van der Waals surface area (Å²) in [5.41, 5.74) is -1.40. The largest absolute Gasteiger partial charge is 0.496 e. The van der Waals surface area contributed by atoms with Gasteiger partial charge < -0.3 is 14.6 Å². The molecule has 2 aromatic rings. The van der Waals surface area contributed by atoms with E-state index in [0.29, 0.717) is 11.3 Å². The number of halogens is 4. The maximum absolute atomic E-state index is 13.7. The summed E-state index contributed by atoms with van der Waals surface area (Å²) in [5, 5.41) is 8.60. The second-order valence-corrected chi connectivity index (χ2v) is 6.91. The lowest BCUT2D eigenvalue weighted by Crippen LogP contribution is -2.41. The summed E-state index contributed by atoms with van der Waals surface area (Å²) < 4.78 is 50.7. The number of ether oxygens (including phenoxy) is 2. The number of carbonyl (C=O) groups is 3. The van der Waals surface area contributed by atoms with Crippen molar-refractivity contribution in [3.63, 3.8) is 0 Å². The van der Waals surface area contributed by atoms with Gasteiger partial charge in [0.25, 0.3) is 5.91 Å². The molecule has 0 aliphatic carbocycles. The highest BCUT2D eigenvalue weighted by Gasteiger charge is 2.38. The Morgan fingerprint density at radius 2 is 1.77 bits per heavy atom. The van der Waals surface area contributed by atoms with E-state index in [4.69, 9.17) is 14.6 Å². The van der Waals surface area contributed by atoms with Crippen LogP contribution in [0.5, 0.6) is 5.75 Å². The molecule has 0 aliphatic heterocycles. The van der Waals surface area contributed by atoms with Gasteiger partial charge in [-0.25, -0.2) is 9.69 Å². The topological polar surface area (TPSA) is 93.1 Å². The molecule has 0 heterocycles. The summed E-state index contributed by atoms with van der Waals surface area (Å²) in [5.74, 6) is -3.06. The van der Waals surface area contributed by atoms with E-state index >= 15 is 0 Å². The van der Waals surface area contributed by atoms with Crippen molar-refractivity contribution in [2.24, 2.45) is 0 Å². The Morgan fingerprint density at radius 3 is 2.30 bits per heavy atom. The van der Waals surface area contributed by atoms with Crippen molar-refractivity contribution in [2.45, 2.75) is 19.5 Å². The first-order valence-electron chi connectivity index (χ1n) is 8.59. The smallest absolute Gasteiger partial charge is 0.420 e. The van der Waals surface area contributed by atoms with E-state index in [0.717, 1.165) is 19.2 Å². The van der Waals surface area contributed by atoms with E-state index in [1.807, 2.05) is 0 Å². The molecular formula is C19H17BrF3NO6. The van der Waals surface area contributed by atoms with Crippen LogP contribution < -0.4 is 4.74 Å². The molecule has 0 aliphatic rings. The summed E-state index contributed by atoms with van der Waals surface area (Å²) in [4.78, 5) is 36.8. The van der Waals surface area contributed by atoms with Crippen molar-refractivity contribution >= 4 is 44.7 Å². The lowest BCUT2D eigenvalue weighted by molar-refractivity contribution is -0.138. The maximum Gasteiger partial charge on any atom is 0.420 e. The van der Waals surface area contributed by atoms with Crippen LogP contribution in [0.15, 0.2) is 28.7 Å². The molecule has 11 heteroatoms. The second-order valence-electron chi connectivity index (χ2n) is 6.06. The van der Waals surface area contributed by atoms with E-state index < -0.39 is 42.0 Å². The summed E-state index contributed by atoms with van der Waals surface area (Å²) in [6.45, 7) is 0.616. The average molecular weight is 492 g/mol. The molecule has 7 nitrogen and oxygen atoms in total. The summed E-state index contributed by atoms with van der Waals surface area (Å²) >= 11 is 3.11. The normalized spacial score (nSPS) is 11.3. The standard InChI is InChI=1S/C19H17BrF3NO6/c1-3-8-30-18(28)24(9-14(25)26)17(27)15-10-5-7-13(29-2)16(19(21,22)23)11(10)4-6-12(15)20/h4-7H,3,8-9H2,1-2H3,(H,25,26). The first-order chi connectivity index (χ1) is 14.0. The van der Waals surface area contributed by atoms with Gasteiger partial charge in [-0.3, -0.25) is 9.59 Å². The number of carboxylic acid groups (broad SMARTS) is 1. The molecule has 0 radical (unpaired) electrons. The van der Waals surface area contributed by atoms with Gasteiger partial charge in [-0.15, -0.1) is 0 Å². The molecule has 162 valence electrons. The van der Waals surface area contributed by atoms with E-state index in [-0.39, 0.29) is 27.4 Å². The number of hydrogen-bond donors (Lipinski definition) is 1. The van der Waals surface area contributed by atoms with E-state index in [1.165, 1.54) is 12.1 Å². The minimum atomic E-state index is -4.79. The summed E-state index contributed by atoms with van der Waals surface area (Å²) in [6, 6.07) is 4.64. The maximum atomic E-state index is 13.7. The van der Waals surface area contributed by atoms with Gasteiger partial charge >= 0.3 is 18.2 Å². The number of benzene rings is 2. The van der Waals surface area contributed by atoms with E-state index in [1.54, 1.807) is 6.92 Å². The Labute approximate surface area is 177 Å². The van der Waals surface area contributed by atoms with Gasteiger partial charge in [-0.1, -0.05) is 13.0 Å². The summed E-state index contributed by atoms with van der Waals surface area (Å²) in [7, 11) is 1.08. The number of fused-ring (bicyclic) bond motifs is 1. The molecule has 0 spiro atoms. The SMILES string of the molecule is CCCOC(=O)N(CC(=O)O)C(=O)c1c(Br)ccc2c(C(F)(F)F)c(OC)ccc12. The van der Waals surface area contributed by atoms with Crippen molar-refractivity contribution in [3.05, 3.63) is 39.9 Å². The number of methoxy groups -OCH3 is 1. The fraction of sp³-hybridized carbons (Fsp3) is 0.316. The van der Waals surface area contributed by atoms with Crippen LogP contribution in [0.4, 0.5) is 18.0 Å². The third kappa shape index (κ3) is 4.84. The summed E-state index contributed by atoms with van der Waals surface area (Å²) in [6.07, 6.45) is -5.58. The minimum absolute atomic E-state index is 0.0612. The van der Waals surface area contributed by atoms with Crippen molar-refractivity contribution in [2.75, 3.05) is 20.3 Å². The number of hydrogen-bond acceptors (Lipinski definition) is 5. The Morgan fingerprint density at radius 1 is 1.13 bits per heavy atom. The lowest BCUT2D eigenvalue weighted by Gasteiger charge is -2.21. The molecule has 2 aromatic carbocycles. The fourth-order valence-electron chi connectivity index (χ4n) is 2.80. The van der Waals surface area contributed by atoms with Gasteiger partial charge in [-0.05, 0) is 51.3 Å². The molecule has 2 amide bonds. The quantitative estimate of drug-likeness (QED) is 0.629. The van der Waals surface area contributed by atoms with Crippen LogP contribution in [-0.2, 0) is 15.7 Å². The Kier molecular flexibility index (Phi) is 7.30. The number of imide groups is 1. The first-order valence-corrected chi connectivity index (χ1v) is 9.39. The van der Waals surface area contributed by atoms with E-state index in [9.17, 15) is 27.6 Å². The number of amides is 2. The van der Waals surface area contributed by atoms with E-state index in [2.05, 4.69) is 15.9 Å². The number of carboxylic acids is 1. The molecule has 0 bridgehead atoms. The first kappa shape index (κ1) is 23.5.